The zero-order valence-corrected chi connectivity index (χ0v) is 21.1. The number of anilines is 1. The van der Waals surface area contributed by atoms with Crippen molar-refractivity contribution in [3.8, 4) is 11.5 Å². The van der Waals surface area contributed by atoms with Crippen LogP contribution in [0.3, 0.4) is 0 Å². The van der Waals surface area contributed by atoms with Crippen LogP contribution in [-0.2, 0) is 4.74 Å². The predicted octanol–water partition coefficient (Wildman–Crippen LogP) is 4.16. The zero-order chi connectivity index (χ0) is 25.1. The van der Waals surface area contributed by atoms with Crippen molar-refractivity contribution in [1.29, 1.82) is 0 Å². The Kier molecular flexibility index (Phi) is 7.70. The molecule has 3 aromatic rings. The van der Waals surface area contributed by atoms with E-state index in [0.717, 1.165) is 23.4 Å². The minimum Gasteiger partial charge on any atom is -0.493 e. The number of nitro groups is 1. The lowest BCUT2D eigenvalue weighted by Crippen LogP contribution is -2.43. The number of hydrogen-bond acceptors (Lipinski definition) is 9. The van der Waals surface area contributed by atoms with Crippen molar-refractivity contribution in [3.63, 3.8) is 0 Å². The first-order valence-corrected chi connectivity index (χ1v) is 12.1. The van der Waals surface area contributed by atoms with Gasteiger partial charge in [0.2, 0.25) is 0 Å². The molecule has 0 saturated carbocycles. The fourth-order valence-corrected chi connectivity index (χ4v) is 5.09. The summed E-state index contributed by atoms with van der Waals surface area (Å²) in [5.41, 5.74) is 1.03. The van der Waals surface area contributed by atoms with Crippen molar-refractivity contribution in [2.45, 2.75) is 6.92 Å². The van der Waals surface area contributed by atoms with Crippen LogP contribution in [0.25, 0.3) is 10.2 Å². The first-order chi connectivity index (χ1) is 16.8. The van der Waals surface area contributed by atoms with Gasteiger partial charge >= 0.3 is 0 Å². The van der Waals surface area contributed by atoms with E-state index in [9.17, 15) is 14.9 Å². The van der Waals surface area contributed by atoms with Crippen molar-refractivity contribution in [2.75, 3.05) is 58.5 Å². The normalized spacial score (nSPS) is 14.2. The van der Waals surface area contributed by atoms with Crippen LogP contribution in [0.1, 0.15) is 15.9 Å². The van der Waals surface area contributed by atoms with Gasteiger partial charge in [-0.05, 0) is 24.6 Å². The Labute approximate surface area is 211 Å². The van der Waals surface area contributed by atoms with E-state index in [-0.39, 0.29) is 29.3 Å². The number of fused-ring (bicyclic) bond motifs is 1. The van der Waals surface area contributed by atoms with Crippen molar-refractivity contribution < 1.29 is 23.9 Å². The molecule has 4 rings (SSSR count). The van der Waals surface area contributed by atoms with Crippen LogP contribution in [-0.4, -0.2) is 74.3 Å². The van der Waals surface area contributed by atoms with Crippen molar-refractivity contribution >= 4 is 49.9 Å². The lowest BCUT2D eigenvalue weighted by molar-refractivity contribution is -0.385. The average molecular weight is 521 g/mol. The summed E-state index contributed by atoms with van der Waals surface area (Å²) < 4.78 is 16.8. The van der Waals surface area contributed by atoms with Gasteiger partial charge in [0.1, 0.15) is 5.56 Å². The van der Waals surface area contributed by atoms with Gasteiger partial charge in [0.15, 0.2) is 16.6 Å². The molecule has 2 heterocycles. The second kappa shape index (κ2) is 10.7. The topological polar surface area (TPSA) is 107 Å². The standard InChI is InChI=1S/C23H25ClN4O6S/c1-14-16(24)4-5-20-21(14)25-23(35-20)27(7-6-26-8-10-34-11-9-26)22(29)15-12-18(32-2)19(33-3)13-17(15)28(30)31/h4-5,12-13H,6-11H2,1-3H3. The summed E-state index contributed by atoms with van der Waals surface area (Å²) >= 11 is 7.62. The Balaban J connectivity index is 1.78. The molecule has 1 aromatic heterocycles. The summed E-state index contributed by atoms with van der Waals surface area (Å²) in [6.45, 7) is 5.44. The van der Waals surface area contributed by atoms with Crippen LogP contribution in [0.5, 0.6) is 11.5 Å². The molecule has 12 heteroatoms. The van der Waals surface area contributed by atoms with E-state index in [1.54, 1.807) is 6.07 Å². The average Bonchev–Trinajstić information content (AvgIpc) is 3.30. The number of rotatable bonds is 8. The van der Waals surface area contributed by atoms with E-state index < -0.39 is 10.8 Å². The Morgan fingerprint density at radius 2 is 1.94 bits per heavy atom. The van der Waals surface area contributed by atoms with Crippen molar-refractivity contribution in [2.24, 2.45) is 0 Å². The number of hydrogen-bond donors (Lipinski definition) is 0. The number of carbonyl (C=O) groups is 1. The highest BCUT2D eigenvalue weighted by Gasteiger charge is 2.31. The third kappa shape index (κ3) is 5.18. The maximum Gasteiger partial charge on any atom is 0.286 e. The number of aromatic nitrogens is 1. The van der Waals surface area contributed by atoms with Gasteiger partial charge in [-0.15, -0.1) is 0 Å². The summed E-state index contributed by atoms with van der Waals surface area (Å²) in [5.74, 6) is -0.156. The minimum atomic E-state index is -0.600. The first-order valence-electron chi connectivity index (χ1n) is 10.9. The van der Waals surface area contributed by atoms with E-state index in [0.29, 0.717) is 35.4 Å². The number of morpholine rings is 1. The van der Waals surface area contributed by atoms with E-state index >= 15 is 0 Å². The largest absolute Gasteiger partial charge is 0.493 e. The molecule has 1 fully saturated rings. The van der Waals surface area contributed by atoms with E-state index in [2.05, 4.69) is 4.90 Å². The molecule has 1 amide bonds. The molecule has 2 aromatic carbocycles. The molecular formula is C23H25ClN4O6S. The van der Waals surface area contributed by atoms with E-state index in [4.69, 9.17) is 30.8 Å². The molecule has 0 radical (unpaired) electrons. The minimum absolute atomic E-state index is 0.108. The van der Waals surface area contributed by atoms with E-state index in [1.165, 1.54) is 42.6 Å². The molecule has 1 saturated heterocycles. The molecule has 186 valence electrons. The molecule has 10 nitrogen and oxygen atoms in total. The van der Waals surface area contributed by atoms with Crippen LogP contribution >= 0.6 is 22.9 Å². The zero-order valence-electron chi connectivity index (χ0n) is 19.6. The monoisotopic (exact) mass is 520 g/mol. The number of nitrogens with zero attached hydrogens (tertiary/aromatic N) is 4. The van der Waals surface area contributed by atoms with Crippen LogP contribution in [0.2, 0.25) is 5.02 Å². The number of amides is 1. The number of benzene rings is 2. The number of halogens is 1. The maximum absolute atomic E-state index is 13.9. The molecule has 0 atom stereocenters. The van der Waals surface area contributed by atoms with Crippen LogP contribution in [0, 0.1) is 17.0 Å². The van der Waals surface area contributed by atoms with Gasteiger partial charge in [-0.25, -0.2) is 4.98 Å². The van der Waals surface area contributed by atoms with Crippen LogP contribution in [0.4, 0.5) is 10.8 Å². The molecule has 0 spiro atoms. The second-order valence-corrected chi connectivity index (χ2v) is 9.32. The highest BCUT2D eigenvalue weighted by atomic mass is 35.5. The quantitative estimate of drug-likeness (QED) is 0.322. The third-order valence-corrected chi connectivity index (χ3v) is 7.34. The molecule has 0 N–H and O–H groups in total. The molecule has 35 heavy (non-hydrogen) atoms. The van der Waals surface area contributed by atoms with Gasteiger partial charge in [-0.2, -0.15) is 0 Å². The molecular weight excluding hydrogens is 496 g/mol. The number of carbonyl (C=O) groups excluding carboxylic acids is 1. The fraction of sp³-hybridized carbons (Fsp3) is 0.391. The Hall–Kier alpha value is -2.99. The molecule has 0 unspecified atom stereocenters. The van der Waals surface area contributed by atoms with Crippen molar-refractivity contribution in [1.82, 2.24) is 9.88 Å². The summed E-state index contributed by atoms with van der Waals surface area (Å²) in [7, 11) is 2.79. The second-order valence-electron chi connectivity index (χ2n) is 7.91. The number of thiazole rings is 1. The summed E-state index contributed by atoms with van der Waals surface area (Å²) in [4.78, 5) is 33.5. The number of nitro benzene ring substituents is 1. The lowest BCUT2D eigenvalue weighted by Gasteiger charge is -2.29. The number of aryl methyl sites for hydroxylation is 1. The molecule has 0 aliphatic carbocycles. The van der Waals surface area contributed by atoms with E-state index in [1.807, 2.05) is 13.0 Å². The molecule has 1 aliphatic heterocycles. The molecule has 1 aliphatic rings. The van der Waals surface area contributed by atoms with Gasteiger partial charge in [0.25, 0.3) is 11.6 Å². The highest BCUT2D eigenvalue weighted by Crippen LogP contribution is 2.38. The molecule has 0 bridgehead atoms. The smallest absolute Gasteiger partial charge is 0.286 e. The van der Waals surface area contributed by atoms with Gasteiger partial charge < -0.3 is 14.2 Å². The lowest BCUT2D eigenvalue weighted by atomic mass is 10.1. The summed E-state index contributed by atoms with van der Waals surface area (Å²) in [6.07, 6.45) is 0. The first kappa shape index (κ1) is 25.1. The Morgan fingerprint density at radius 1 is 1.26 bits per heavy atom. The van der Waals surface area contributed by atoms with Crippen molar-refractivity contribution in [3.05, 3.63) is 50.5 Å². The van der Waals surface area contributed by atoms with Gasteiger partial charge in [0.05, 0.1) is 48.6 Å². The Morgan fingerprint density at radius 3 is 2.60 bits per heavy atom. The summed E-state index contributed by atoms with van der Waals surface area (Å²) in [5, 5.41) is 12.9. The van der Waals surface area contributed by atoms with Gasteiger partial charge in [0, 0.05) is 37.3 Å². The van der Waals surface area contributed by atoms with Crippen LogP contribution in [0.15, 0.2) is 24.3 Å². The summed E-state index contributed by atoms with van der Waals surface area (Å²) in [6, 6.07) is 6.19. The van der Waals surface area contributed by atoms with Gasteiger partial charge in [-0.1, -0.05) is 22.9 Å². The predicted molar refractivity (Wildman–Crippen MR) is 135 cm³/mol. The SMILES string of the molecule is COc1cc(C(=O)N(CCN2CCOCC2)c2nc3c(C)c(Cl)ccc3s2)c([N+](=O)[O-])cc1OC. The number of ether oxygens (including phenoxy) is 3. The number of methoxy groups -OCH3 is 2. The fourth-order valence-electron chi connectivity index (χ4n) is 3.89. The highest BCUT2D eigenvalue weighted by molar-refractivity contribution is 7.22. The Bertz CT molecular complexity index is 1260. The third-order valence-electron chi connectivity index (χ3n) is 5.89. The maximum atomic E-state index is 13.9. The van der Waals surface area contributed by atoms with Gasteiger partial charge in [-0.3, -0.25) is 24.7 Å². The van der Waals surface area contributed by atoms with Crippen LogP contribution < -0.4 is 14.4 Å².